The van der Waals surface area contributed by atoms with Crippen molar-refractivity contribution < 1.29 is 19.4 Å². The molecule has 0 aliphatic carbocycles. The van der Waals surface area contributed by atoms with Crippen LogP contribution in [0.2, 0.25) is 0 Å². The zero-order chi connectivity index (χ0) is 13.8. The van der Waals surface area contributed by atoms with Crippen molar-refractivity contribution in [2.24, 2.45) is 0 Å². The lowest BCUT2D eigenvalue weighted by atomic mass is 10.2. The van der Waals surface area contributed by atoms with E-state index in [9.17, 15) is 4.79 Å². The number of aromatic carboxylic acids is 1. The number of benzene rings is 1. The first kappa shape index (κ1) is 12.8. The number of aromatic nitrogens is 2. The number of methoxy groups -OCH3 is 1. The van der Waals surface area contributed by atoms with Crippen molar-refractivity contribution >= 4 is 5.97 Å². The van der Waals surface area contributed by atoms with E-state index in [2.05, 4.69) is 9.97 Å². The van der Waals surface area contributed by atoms with Crippen molar-refractivity contribution in [2.75, 3.05) is 7.11 Å². The number of carboxylic acid groups (broad SMARTS) is 1. The van der Waals surface area contributed by atoms with Crippen molar-refractivity contribution in [3.05, 3.63) is 41.7 Å². The Kier molecular flexibility index (Phi) is 3.61. The molecule has 1 N–H and O–H groups in total. The average molecular weight is 260 g/mol. The maximum Gasteiger partial charge on any atom is 0.335 e. The van der Waals surface area contributed by atoms with Crippen LogP contribution < -0.4 is 9.47 Å². The quantitative estimate of drug-likeness (QED) is 0.908. The highest BCUT2D eigenvalue weighted by Crippen LogP contribution is 2.31. The smallest absolute Gasteiger partial charge is 0.335 e. The summed E-state index contributed by atoms with van der Waals surface area (Å²) in [5, 5.41) is 8.96. The van der Waals surface area contributed by atoms with Crippen molar-refractivity contribution in [3.8, 4) is 17.5 Å². The van der Waals surface area contributed by atoms with Crippen LogP contribution in [0.1, 0.15) is 16.1 Å². The van der Waals surface area contributed by atoms with E-state index in [0.29, 0.717) is 5.75 Å². The monoisotopic (exact) mass is 260 g/mol. The number of carbonyl (C=O) groups is 1. The first-order valence-corrected chi connectivity index (χ1v) is 5.49. The number of carboxylic acids is 1. The molecule has 0 saturated heterocycles. The van der Waals surface area contributed by atoms with Gasteiger partial charge in [0.05, 0.1) is 12.7 Å². The normalized spacial score (nSPS) is 10.0. The summed E-state index contributed by atoms with van der Waals surface area (Å²) >= 11 is 0. The number of hydrogen-bond acceptors (Lipinski definition) is 5. The fraction of sp³-hybridized carbons (Fsp3) is 0.154. The van der Waals surface area contributed by atoms with Gasteiger partial charge in [-0.2, -0.15) is 0 Å². The molecule has 0 spiro atoms. The summed E-state index contributed by atoms with van der Waals surface area (Å²) in [6.45, 7) is 1.81. The summed E-state index contributed by atoms with van der Waals surface area (Å²) in [5.41, 5.74) is 0.849. The van der Waals surface area contributed by atoms with Crippen molar-refractivity contribution in [2.45, 2.75) is 6.92 Å². The summed E-state index contributed by atoms with van der Waals surface area (Å²) in [6, 6.07) is 6.20. The molecule has 0 unspecified atom stereocenters. The van der Waals surface area contributed by atoms with Crippen LogP contribution in [0.25, 0.3) is 0 Å². The molecule has 1 aromatic carbocycles. The van der Waals surface area contributed by atoms with E-state index in [1.165, 1.54) is 25.3 Å². The molecule has 2 aromatic rings. The number of rotatable bonds is 4. The van der Waals surface area contributed by atoms with Crippen molar-refractivity contribution in [1.82, 2.24) is 9.97 Å². The van der Waals surface area contributed by atoms with Crippen LogP contribution in [0, 0.1) is 6.92 Å². The maximum atomic E-state index is 10.9. The van der Waals surface area contributed by atoms with Gasteiger partial charge in [0.15, 0.2) is 11.5 Å². The second kappa shape index (κ2) is 5.34. The average Bonchev–Trinajstić information content (AvgIpc) is 2.38. The molecule has 0 aliphatic heterocycles. The minimum absolute atomic E-state index is 0.100. The molecule has 0 bridgehead atoms. The lowest BCUT2D eigenvalue weighted by Crippen LogP contribution is -2.00. The fourth-order valence-electron chi connectivity index (χ4n) is 1.46. The van der Waals surface area contributed by atoms with E-state index in [1.54, 1.807) is 19.2 Å². The zero-order valence-electron chi connectivity index (χ0n) is 10.5. The molecule has 2 rings (SSSR count). The topological polar surface area (TPSA) is 81.5 Å². The Morgan fingerprint density at radius 2 is 2.05 bits per heavy atom. The first-order chi connectivity index (χ1) is 9.10. The Labute approximate surface area is 109 Å². The Morgan fingerprint density at radius 3 is 2.68 bits per heavy atom. The number of hydrogen-bond donors (Lipinski definition) is 1. The predicted octanol–water partition coefficient (Wildman–Crippen LogP) is 2.28. The summed E-state index contributed by atoms with van der Waals surface area (Å²) in [7, 11) is 1.47. The first-order valence-electron chi connectivity index (χ1n) is 5.49. The summed E-state index contributed by atoms with van der Waals surface area (Å²) in [4.78, 5) is 19.0. The summed E-state index contributed by atoms with van der Waals surface area (Å²) in [6.07, 6.45) is 1.56. The molecule has 6 nitrogen and oxygen atoms in total. The van der Waals surface area contributed by atoms with Gasteiger partial charge in [0, 0.05) is 11.9 Å². The summed E-state index contributed by atoms with van der Waals surface area (Å²) < 4.78 is 10.6. The Morgan fingerprint density at radius 1 is 1.26 bits per heavy atom. The third kappa shape index (κ3) is 2.98. The van der Waals surface area contributed by atoms with Gasteiger partial charge in [-0.05, 0) is 31.2 Å². The van der Waals surface area contributed by atoms with E-state index < -0.39 is 5.97 Å². The molecule has 19 heavy (non-hydrogen) atoms. The molecule has 1 aromatic heterocycles. The van der Waals surface area contributed by atoms with Crippen LogP contribution in [-0.2, 0) is 0 Å². The van der Waals surface area contributed by atoms with Crippen LogP contribution >= 0.6 is 0 Å². The van der Waals surface area contributed by atoms with Crippen LogP contribution in [0.5, 0.6) is 17.5 Å². The van der Waals surface area contributed by atoms with Crippen molar-refractivity contribution in [1.29, 1.82) is 0 Å². The fourth-order valence-corrected chi connectivity index (χ4v) is 1.46. The Hall–Kier alpha value is -2.63. The van der Waals surface area contributed by atoms with Crippen molar-refractivity contribution in [3.63, 3.8) is 0 Å². The number of nitrogens with zero attached hydrogens (tertiary/aromatic N) is 2. The molecular formula is C13H12N2O4. The number of ether oxygens (including phenoxy) is 2. The van der Waals surface area contributed by atoms with Crippen LogP contribution in [0.3, 0.4) is 0 Å². The molecule has 6 heteroatoms. The van der Waals surface area contributed by atoms with Gasteiger partial charge in [0.1, 0.15) is 0 Å². The van der Waals surface area contributed by atoms with E-state index in [4.69, 9.17) is 14.6 Å². The Balaban J connectivity index is 2.37. The molecule has 98 valence electrons. The van der Waals surface area contributed by atoms with Gasteiger partial charge in [-0.25, -0.2) is 14.8 Å². The highest BCUT2D eigenvalue weighted by Gasteiger charge is 2.12. The third-order valence-electron chi connectivity index (χ3n) is 2.38. The standard InChI is InChI=1S/C13H12N2O4/c1-8-5-6-14-13(15-8)19-11-7-9(12(16)17)3-4-10(11)18-2/h3-7H,1-2H3,(H,16,17). The molecule has 0 aliphatic rings. The zero-order valence-corrected chi connectivity index (χ0v) is 10.5. The minimum atomic E-state index is -1.04. The van der Waals surface area contributed by atoms with Crippen LogP contribution in [0.15, 0.2) is 30.5 Å². The molecule has 0 fully saturated rings. The minimum Gasteiger partial charge on any atom is -0.493 e. The molecule has 0 saturated carbocycles. The van der Waals surface area contributed by atoms with E-state index >= 15 is 0 Å². The molecule has 1 heterocycles. The lowest BCUT2D eigenvalue weighted by Gasteiger charge is -2.09. The molecule has 0 atom stereocenters. The van der Waals surface area contributed by atoms with E-state index in [-0.39, 0.29) is 17.3 Å². The molecule has 0 amide bonds. The van der Waals surface area contributed by atoms with Crippen LogP contribution in [-0.4, -0.2) is 28.2 Å². The highest BCUT2D eigenvalue weighted by molar-refractivity contribution is 5.88. The van der Waals surface area contributed by atoms with Gasteiger partial charge in [-0.1, -0.05) is 0 Å². The van der Waals surface area contributed by atoms with Gasteiger partial charge in [-0.3, -0.25) is 0 Å². The highest BCUT2D eigenvalue weighted by atomic mass is 16.5. The SMILES string of the molecule is COc1ccc(C(=O)O)cc1Oc1nccc(C)n1. The second-order valence-corrected chi connectivity index (χ2v) is 3.75. The number of aryl methyl sites for hydroxylation is 1. The summed E-state index contributed by atoms with van der Waals surface area (Å²) in [5.74, 6) is -0.374. The lowest BCUT2D eigenvalue weighted by molar-refractivity contribution is 0.0696. The van der Waals surface area contributed by atoms with Gasteiger partial charge < -0.3 is 14.6 Å². The molecule has 0 radical (unpaired) electrons. The maximum absolute atomic E-state index is 10.9. The van der Waals surface area contributed by atoms with Crippen LogP contribution in [0.4, 0.5) is 0 Å². The van der Waals surface area contributed by atoms with E-state index in [0.717, 1.165) is 5.69 Å². The van der Waals surface area contributed by atoms with Gasteiger partial charge >= 0.3 is 12.0 Å². The second-order valence-electron chi connectivity index (χ2n) is 3.75. The third-order valence-corrected chi connectivity index (χ3v) is 2.38. The molecular weight excluding hydrogens is 248 g/mol. The predicted molar refractivity (Wildman–Crippen MR) is 66.8 cm³/mol. The van der Waals surface area contributed by atoms with Gasteiger partial charge in [-0.15, -0.1) is 0 Å². The van der Waals surface area contributed by atoms with Gasteiger partial charge in [0.2, 0.25) is 0 Å². The largest absolute Gasteiger partial charge is 0.493 e. The Bertz CT molecular complexity index is 613. The van der Waals surface area contributed by atoms with Gasteiger partial charge in [0.25, 0.3) is 0 Å². The van der Waals surface area contributed by atoms with E-state index in [1.807, 2.05) is 0 Å².